The van der Waals surface area contributed by atoms with Gasteiger partial charge in [-0.1, -0.05) is 18.2 Å². The van der Waals surface area contributed by atoms with Crippen molar-refractivity contribution in [2.75, 3.05) is 45.9 Å². The molecule has 3 heterocycles. The average molecular weight is 328 g/mol. The Morgan fingerprint density at radius 3 is 2.96 bits per heavy atom. The quantitative estimate of drug-likeness (QED) is 0.919. The van der Waals surface area contributed by atoms with E-state index in [1.165, 1.54) is 0 Å². The minimum atomic E-state index is 0.203. The molecule has 0 aliphatic carbocycles. The Bertz CT molecular complexity index is 708. The Balaban J connectivity index is 1.34. The van der Waals surface area contributed by atoms with Gasteiger partial charge in [0.25, 0.3) is 0 Å². The zero-order chi connectivity index (χ0) is 16.4. The number of nitrogens with zero attached hydrogens (tertiary/aromatic N) is 3. The minimum Gasteiger partial charge on any atom is -0.379 e. The van der Waals surface area contributed by atoms with Crippen molar-refractivity contribution >= 4 is 16.8 Å². The summed E-state index contributed by atoms with van der Waals surface area (Å²) in [6, 6.07) is 7.94. The lowest BCUT2D eigenvalue weighted by Crippen LogP contribution is -2.40. The van der Waals surface area contributed by atoms with Gasteiger partial charge < -0.3 is 9.64 Å². The Morgan fingerprint density at radius 2 is 2.08 bits per heavy atom. The molecule has 6 nitrogen and oxygen atoms in total. The van der Waals surface area contributed by atoms with E-state index in [0.29, 0.717) is 12.3 Å². The summed E-state index contributed by atoms with van der Waals surface area (Å²) in [5.41, 5.74) is 1.85. The number of morpholine rings is 1. The number of carbonyl (C=O) groups is 1. The van der Waals surface area contributed by atoms with E-state index in [4.69, 9.17) is 4.74 Å². The van der Waals surface area contributed by atoms with Gasteiger partial charge in [-0.2, -0.15) is 5.10 Å². The number of likely N-dealkylation sites (tertiary alicyclic amines) is 1. The number of rotatable bonds is 4. The largest absolute Gasteiger partial charge is 0.379 e. The number of aromatic amines is 1. The molecule has 1 amide bonds. The van der Waals surface area contributed by atoms with Crippen molar-refractivity contribution in [3.63, 3.8) is 0 Å². The van der Waals surface area contributed by atoms with Gasteiger partial charge >= 0.3 is 0 Å². The molecule has 24 heavy (non-hydrogen) atoms. The lowest BCUT2D eigenvalue weighted by molar-refractivity contribution is -0.129. The van der Waals surface area contributed by atoms with E-state index >= 15 is 0 Å². The Kier molecular flexibility index (Phi) is 4.49. The number of carbonyl (C=O) groups excluding carboxylic acids is 1. The van der Waals surface area contributed by atoms with Crippen LogP contribution in [0.2, 0.25) is 0 Å². The molecular weight excluding hydrogens is 304 g/mol. The molecule has 0 bridgehead atoms. The average Bonchev–Trinajstić information content (AvgIpc) is 3.24. The van der Waals surface area contributed by atoms with Gasteiger partial charge in [0.2, 0.25) is 5.91 Å². The van der Waals surface area contributed by atoms with Gasteiger partial charge in [0.05, 0.1) is 30.8 Å². The van der Waals surface area contributed by atoms with Crippen LogP contribution in [-0.4, -0.2) is 71.8 Å². The molecule has 6 heteroatoms. The van der Waals surface area contributed by atoms with E-state index in [0.717, 1.165) is 69.0 Å². The molecule has 1 aromatic carbocycles. The van der Waals surface area contributed by atoms with Gasteiger partial charge in [-0.25, -0.2) is 0 Å². The fourth-order valence-corrected chi connectivity index (χ4v) is 3.77. The summed E-state index contributed by atoms with van der Waals surface area (Å²) in [6.07, 6.45) is 1.51. The van der Waals surface area contributed by atoms with Crippen molar-refractivity contribution in [1.29, 1.82) is 0 Å². The van der Waals surface area contributed by atoms with Crippen molar-refractivity contribution < 1.29 is 9.53 Å². The number of hydrogen-bond donors (Lipinski definition) is 1. The van der Waals surface area contributed by atoms with Crippen LogP contribution in [0.15, 0.2) is 24.3 Å². The van der Waals surface area contributed by atoms with E-state index in [-0.39, 0.29) is 5.91 Å². The van der Waals surface area contributed by atoms with Crippen LogP contribution >= 0.6 is 0 Å². The zero-order valence-electron chi connectivity index (χ0n) is 13.9. The topological polar surface area (TPSA) is 61.5 Å². The highest BCUT2D eigenvalue weighted by Crippen LogP contribution is 2.21. The maximum Gasteiger partial charge on any atom is 0.228 e. The lowest BCUT2D eigenvalue weighted by atomic mass is 10.1. The fourth-order valence-electron chi connectivity index (χ4n) is 3.77. The zero-order valence-corrected chi connectivity index (χ0v) is 13.9. The van der Waals surface area contributed by atoms with Crippen LogP contribution in [-0.2, 0) is 16.0 Å². The number of aromatic nitrogens is 2. The molecule has 0 saturated carbocycles. The summed E-state index contributed by atoms with van der Waals surface area (Å²) in [5, 5.41) is 8.35. The lowest BCUT2D eigenvalue weighted by Gasteiger charge is -2.29. The third kappa shape index (κ3) is 3.30. The Morgan fingerprint density at radius 1 is 1.25 bits per heavy atom. The van der Waals surface area contributed by atoms with Crippen molar-refractivity contribution in [2.24, 2.45) is 5.92 Å². The third-order valence-electron chi connectivity index (χ3n) is 5.13. The van der Waals surface area contributed by atoms with Crippen molar-refractivity contribution in [2.45, 2.75) is 12.8 Å². The van der Waals surface area contributed by atoms with Crippen LogP contribution < -0.4 is 0 Å². The summed E-state index contributed by atoms with van der Waals surface area (Å²) in [6.45, 7) is 6.54. The number of nitrogens with one attached hydrogen (secondary N) is 1. The molecule has 2 aromatic rings. The molecular formula is C18H24N4O2. The summed E-state index contributed by atoms with van der Waals surface area (Å²) in [7, 11) is 0. The summed E-state index contributed by atoms with van der Waals surface area (Å²) >= 11 is 0. The molecule has 2 saturated heterocycles. The third-order valence-corrected chi connectivity index (χ3v) is 5.13. The van der Waals surface area contributed by atoms with E-state index in [1.54, 1.807) is 0 Å². The predicted octanol–water partition coefficient (Wildman–Crippen LogP) is 1.29. The molecule has 0 spiro atoms. The summed E-state index contributed by atoms with van der Waals surface area (Å²) < 4.78 is 5.40. The molecule has 128 valence electrons. The highest BCUT2D eigenvalue weighted by atomic mass is 16.5. The highest BCUT2D eigenvalue weighted by Gasteiger charge is 2.28. The van der Waals surface area contributed by atoms with Gasteiger partial charge in [-0.05, 0) is 18.4 Å². The molecule has 0 unspecified atom stereocenters. The van der Waals surface area contributed by atoms with Gasteiger partial charge in [0.15, 0.2) is 0 Å². The Labute approximate surface area is 141 Å². The second-order valence-corrected chi connectivity index (χ2v) is 6.80. The molecule has 4 rings (SSSR count). The first-order valence-corrected chi connectivity index (χ1v) is 8.79. The number of para-hydroxylation sites is 1. The molecule has 1 atom stereocenters. The number of benzene rings is 1. The van der Waals surface area contributed by atoms with Crippen LogP contribution in [0.25, 0.3) is 10.9 Å². The maximum absolute atomic E-state index is 12.6. The van der Waals surface area contributed by atoms with Crippen molar-refractivity contribution in [3.8, 4) is 0 Å². The predicted molar refractivity (Wildman–Crippen MR) is 91.7 cm³/mol. The summed E-state index contributed by atoms with van der Waals surface area (Å²) in [5.74, 6) is 0.791. The molecule has 0 radical (unpaired) electrons. The van der Waals surface area contributed by atoms with Gasteiger partial charge in [0, 0.05) is 38.1 Å². The normalized spacial score (nSPS) is 22.3. The van der Waals surface area contributed by atoms with E-state index < -0.39 is 0 Å². The monoisotopic (exact) mass is 328 g/mol. The van der Waals surface area contributed by atoms with Gasteiger partial charge in [-0.15, -0.1) is 0 Å². The van der Waals surface area contributed by atoms with Crippen LogP contribution in [0.5, 0.6) is 0 Å². The number of ether oxygens (including phenoxy) is 1. The maximum atomic E-state index is 12.6. The van der Waals surface area contributed by atoms with Gasteiger partial charge in [-0.3, -0.25) is 14.8 Å². The van der Waals surface area contributed by atoms with Crippen LogP contribution in [0.3, 0.4) is 0 Å². The second-order valence-electron chi connectivity index (χ2n) is 6.80. The number of amides is 1. The van der Waals surface area contributed by atoms with Crippen LogP contribution in [0.1, 0.15) is 12.1 Å². The van der Waals surface area contributed by atoms with Crippen molar-refractivity contribution in [3.05, 3.63) is 30.0 Å². The fraction of sp³-hybridized carbons (Fsp3) is 0.556. The smallest absolute Gasteiger partial charge is 0.228 e. The first-order chi connectivity index (χ1) is 11.8. The molecule has 1 N–H and O–H groups in total. The highest BCUT2D eigenvalue weighted by molar-refractivity contribution is 5.87. The van der Waals surface area contributed by atoms with Crippen molar-refractivity contribution in [1.82, 2.24) is 20.0 Å². The SMILES string of the molecule is O=C(Cc1[nH]nc2ccccc12)N1CC[C@H](CN2CCOCC2)C1. The van der Waals surface area contributed by atoms with Gasteiger partial charge in [0.1, 0.15) is 0 Å². The van der Waals surface area contributed by atoms with Crippen LogP contribution in [0.4, 0.5) is 0 Å². The second kappa shape index (κ2) is 6.91. The van der Waals surface area contributed by atoms with Crippen LogP contribution in [0, 0.1) is 5.92 Å². The number of H-pyrrole nitrogens is 1. The molecule has 1 aromatic heterocycles. The van der Waals surface area contributed by atoms with E-state index in [9.17, 15) is 4.79 Å². The first kappa shape index (κ1) is 15.6. The number of fused-ring (bicyclic) bond motifs is 1. The molecule has 2 fully saturated rings. The molecule has 2 aliphatic heterocycles. The van der Waals surface area contributed by atoms with E-state index in [1.807, 2.05) is 29.2 Å². The standard InChI is InChI=1S/C18H24N4O2/c23-18(11-17-15-3-1-2-4-16(15)19-20-17)22-6-5-14(13-22)12-21-7-9-24-10-8-21/h1-4,14H,5-13H2,(H,19,20)/t14-/m1/s1. The first-order valence-electron chi connectivity index (χ1n) is 8.79. The van der Waals surface area contributed by atoms with E-state index in [2.05, 4.69) is 15.1 Å². The Hall–Kier alpha value is -1.92. The molecule has 2 aliphatic rings. The minimum absolute atomic E-state index is 0.203. The summed E-state index contributed by atoms with van der Waals surface area (Å²) in [4.78, 5) is 17.1. The number of hydrogen-bond acceptors (Lipinski definition) is 4.